The zero-order valence-electron chi connectivity index (χ0n) is 8.58. The normalized spacial score (nSPS) is 9.71. The van der Waals surface area contributed by atoms with Crippen LogP contribution in [0.15, 0.2) is 18.2 Å². The Morgan fingerprint density at radius 1 is 1.29 bits per heavy atom. The van der Waals surface area contributed by atoms with Crippen LogP contribution in [0.2, 0.25) is 0 Å². The van der Waals surface area contributed by atoms with Gasteiger partial charge in [0.1, 0.15) is 11.5 Å². The van der Waals surface area contributed by atoms with E-state index >= 15 is 0 Å². The summed E-state index contributed by atoms with van der Waals surface area (Å²) in [6, 6.07) is 5.75. The number of nitrogens with zero attached hydrogens (tertiary/aromatic N) is 1. The maximum Gasteiger partial charge on any atom is 0.145 e. The van der Waals surface area contributed by atoms with Crippen molar-refractivity contribution < 1.29 is 9.47 Å². The molecular formula is C10H14BrNO2. The SMILES string of the molecule is COc1ccc(N(C)CBr)c(OC)c1. The van der Waals surface area contributed by atoms with Crippen LogP contribution < -0.4 is 14.4 Å². The van der Waals surface area contributed by atoms with Crippen LogP contribution in [0.5, 0.6) is 11.5 Å². The zero-order chi connectivity index (χ0) is 10.6. The summed E-state index contributed by atoms with van der Waals surface area (Å²) in [6.07, 6.45) is 0. The van der Waals surface area contributed by atoms with Crippen LogP contribution in [0.1, 0.15) is 0 Å². The van der Waals surface area contributed by atoms with E-state index in [-0.39, 0.29) is 0 Å². The summed E-state index contributed by atoms with van der Waals surface area (Å²) in [6.45, 7) is 0. The number of alkyl halides is 1. The lowest BCUT2D eigenvalue weighted by atomic mass is 10.2. The molecule has 0 spiro atoms. The lowest BCUT2D eigenvalue weighted by Gasteiger charge is -2.19. The van der Waals surface area contributed by atoms with E-state index in [9.17, 15) is 0 Å². The largest absolute Gasteiger partial charge is 0.497 e. The van der Waals surface area contributed by atoms with Crippen molar-refractivity contribution in [1.82, 2.24) is 0 Å². The second-order valence-electron chi connectivity index (χ2n) is 2.86. The van der Waals surface area contributed by atoms with E-state index in [4.69, 9.17) is 9.47 Å². The molecule has 0 saturated carbocycles. The quantitative estimate of drug-likeness (QED) is 0.613. The molecule has 0 fully saturated rings. The first-order valence-corrected chi connectivity index (χ1v) is 5.34. The second-order valence-corrected chi connectivity index (χ2v) is 3.36. The fraction of sp³-hybridized carbons (Fsp3) is 0.400. The van der Waals surface area contributed by atoms with Crippen molar-refractivity contribution >= 4 is 21.6 Å². The molecule has 1 aromatic rings. The molecule has 78 valence electrons. The van der Waals surface area contributed by atoms with E-state index in [2.05, 4.69) is 15.9 Å². The Balaban J connectivity index is 3.04. The number of rotatable bonds is 4. The topological polar surface area (TPSA) is 21.7 Å². The van der Waals surface area contributed by atoms with Crippen LogP contribution >= 0.6 is 15.9 Å². The number of methoxy groups -OCH3 is 2. The number of hydrogen-bond donors (Lipinski definition) is 0. The van der Waals surface area contributed by atoms with Gasteiger partial charge in [0.05, 0.1) is 25.4 Å². The van der Waals surface area contributed by atoms with Gasteiger partial charge < -0.3 is 14.4 Å². The smallest absolute Gasteiger partial charge is 0.145 e. The maximum absolute atomic E-state index is 5.27. The van der Waals surface area contributed by atoms with Crippen molar-refractivity contribution in [1.29, 1.82) is 0 Å². The molecule has 0 atom stereocenters. The average Bonchev–Trinajstić information content (AvgIpc) is 2.27. The Labute approximate surface area is 92.7 Å². The summed E-state index contributed by atoms with van der Waals surface area (Å²) < 4.78 is 10.4. The van der Waals surface area contributed by atoms with Gasteiger partial charge in [-0.2, -0.15) is 0 Å². The molecule has 0 amide bonds. The van der Waals surface area contributed by atoms with Crippen molar-refractivity contribution in [2.75, 3.05) is 31.6 Å². The average molecular weight is 260 g/mol. The van der Waals surface area contributed by atoms with Crippen molar-refractivity contribution in [2.24, 2.45) is 0 Å². The molecule has 0 aromatic heterocycles. The van der Waals surface area contributed by atoms with Gasteiger partial charge >= 0.3 is 0 Å². The molecule has 3 nitrogen and oxygen atoms in total. The van der Waals surface area contributed by atoms with E-state index in [0.717, 1.165) is 22.6 Å². The predicted molar refractivity (Wildman–Crippen MR) is 61.7 cm³/mol. The first-order chi connectivity index (χ1) is 6.72. The van der Waals surface area contributed by atoms with Gasteiger partial charge in [-0.15, -0.1) is 0 Å². The lowest BCUT2D eigenvalue weighted by molar-refractivity contribution is 0.394. The van der Waals surface area contributed by atoms with Crippen LogP contribution in [0, 0.1) is 0 Å². The van der Waals surface area contributed by atoms with Gasteiger partial charge in [-0.3, -0.25) is 0 Å². The van der Waals surface area contributed by atoms with Gasteiger partial charge in [0, 0.05) is 13.1 Å². The highest BCUT2D eigenvalue weighted by molar-refractivity contribution is 9.09. The van der Waals surface area contributed by atoms with Gasteiger partial charge in [-0.05, 0) is 12.1 Å². The Morgan fingerprint density at radius 3 is 2.50 bits per heavy atom. The Hall–Kier alpha value is -0.900. The summed E-state index contributed by atoms with van der Waals surface area (Å²) in [5.41, 5.74) is 1.79. The first-order valence-electron chi connectivity index (χ1n) is 4.22. The van der Waals surface area contributed by atoms with Crippen molar-refractivity contribution in [3.05, 3.63) is 18.2 Å². The third-order valence-electron chi connectivity index (χ3n) is 1.98. The summed E-state index contributed by atoms with van der Waals surface area (Å²) in [7, 11) is 5.28. The van der Waals surface area contributed by atoms with Crippen LogP contribution in [0.3, 0.4) is 0 Å². The molecular weight excluding hydrogens is 246 g/mol. The minimum atomic E-state index is 0.760. The molecule has 4 heteroatoms. The van der Waals surface area contributed by atoms with Gasteiger partial charge in [0.2, 0.25) is 0 Å². The summed E-state index contributed by atoms with van der Waals surface area (Å²) in [5, 5.41) is 0. The molecule has 0 aliphatic heterocycles. The summed E-state index contributed by atoms with van der Waals surface area (Å²) in [5.74, 6) is 1.61. The van der Waals surface area contributed by atoms with Crippen LogP contribution in [-0.4, -0.2) is 26.7 Å². The monoisotopic (exact) mass is 259 g/mol. The zero-order valence-corrected chi connectivity index (χ0v) is 10.2. The van der Waals surface area contributed by atoms with Crippen molar-refractivity contribution in [3.63, 3.8) is 0 Å². The van der Waals surface area contributed by atoms with Crippen molar-refractivity contribution in [3.8, 4) is 11.5 Å². The summed E-state index contributed by atoms with van der Waals surface area (Å²) in [4.78, 5) is 2.04. The van der Waals surface area contributed by atoms with Crippen molar-refractivity contribution in [2.45, 2.75) is 0 Å². The third kappa shape index (κ3) is 2.32. The number of benzene rings is 1. The standard InChI is InChI=1S/C10H14BrNO2/c1-12(7-11)9-5-4-8(13-2)6-10(9)14-3/h4-6H,7H2,1-3H3. The summed E-state index contributed by atoms with van der Waals surface area (Å²) >= 11 is 3.39. The highest BCUT2D eigenvalue weighted by atomic mass is 79.9. The van der Waals surface area contributed by atoms with E-state index in [0.29, 0.717) is 0 Å². The van der Waals surface area contributed by atoms with E-state index in [1.54, 1.807) is 14.2 Å². The van der Waals surface area contributed by atoms with Gasteiger partial charge in [-0.1, -0.05) is 15.9 Å². The number of anilines is 1. The Kier molecular flexibility index (Phi) is 4.07. The fourth-order valence-electron chi connectivity index (χ4n) is 1.16. The molecule has 1 rings (SSSR count). The van der Waals surface area contributed by atoms with Gasteiger partial charge in [-0.25, -0.2) is 0 Å². The molecule has 0 unspecified atom stereocenters. The molecule has 0 N–H and O–H groups in total. The third-order valence-corrected chi connectivity index (χ3v) is 2.73. The van der Waals surface area contributed by atoms with Crippen LogP contribution in [-0.2, 0) is 0 Å². The predicted octanol–water partition coefficient (Wildman–Crippen LogP) is 2.49. The Bertz CT molecular complexity index is 304. The number of halogens is 1. The number of ether oxygens (including phenoxy) is 2. The number of hydrogen-bond acceptors (Lipinski definition) is 3. The van der Waals surface area contributed by atoms with E-state index in [1.165, 1.54) is 0 Å². The maximum atomic E-state index is 5.27. The minimum Gasteiger partial charge on any atom is -0.497 e. The molecule has 0 heterocycles. The lowest BCUT2D eigenvalue weighted by Crippen LogP contribution is -2.14. The van der Waals surface area contributed by atoms with Gasteiger partial charge in [0.15, 0.2) is 0 Å². The highest BCUT2D eigenvalue weighted by Crippen LogP contribution is 2.31. The molecule has 0 saturated heterocycles. The molecule has 0 bridgehead atoms. The first kappa shape index (κ1) is 11.2. The molecule has 0 radical (unpaired) electrons. The minimum absolute atomic E-state index is 0.760. The van der Waals surface area contributed by atoms with E-state index < -0.39 is 0 Å². The molecule has 1 aromatic carbocycles. The van der Waals surface area contributed by atoms with E-state index in [1.807, 2.05) is 30.1 Å². The van der Waals surface area contributed by atoms with Crippen LogP contribution in [0.4, 0.5) is 5.69 Å². The highest BCUT2D eigenvalue weighted by Gasteiger charge is 2.07. The Morgan fingerprint density at radius 2 is 2.00 bits per heavy atom. The fourth-order valence-corrected chi connectivity index (χ4v) is 1.43. The van der Waals surface area contributed by atoms with Crippen LogP contribution in [0.25, 0.3) is 0 Å². The molecule has 0 aliphatic rings. The molecule has 0 aliphatic carbocycles. The second kappa shape index (κ2) is 5.10. The van der Waals surface area contributed by atoms with Gasteiger partial charge in [0.25, 0.3) is 0 Å². The molecule has 14 heavy (non-hydrogen) atoms.